The van der Waals surface area contributed by atoms with Gasteiger partial charge in [0.1, 0.15) is 0 Å². The van der Waals surface area contributed by atoms with E-state index in [0.717, 1.165) is 34.8 Å². The van der Waals surface area contributed by atoms with Crippen molar-refractivity contribution in [2.75, 3.05) is 19.5 Å². The smallest absolute Gasteiger partial charge is 0.254 e. The molecule has 100 valence electrons. The summed E-state index contributed by atoms with van der Waals surface area (Å²) in [5.74, 6) is 0.725. The van der Waals surface area contributed by atoms with Crippen molar-refractivity contribution in [2.45, 2.75) is 19.3 Å². The molecule has 5 heteroatoms. The van der Waals surface area contributed by atoms with E-state index in [9.17, 15) is 4.79 Å². The normalized spacial score (nSPS) is 10.4. The van der Waals surface area contributed by atoms with Crippen LogP contribution in [-0.2, 0) is 0 Å². The summed E-state index contributed by atoms with van der Waals surface area (Å²) < 4.78 is 1.73. The molecule has 0 atom stereocenters. The topological polar surface area (TPSA) is 20.3 Å². The van der Waals surface area contributed by atoms with Crippen LogP contribution >= 0.6 is 43.5 Å². The van der Waals surface area contributed by atoms with Gasteiger partial charge in [-0.25, -0.2) is 0 Å². The van der Waals surface area contributed by atoms with Crippen LogP contribution in [0.3, 0.4) is 0 Å². The van der Waals surface area contributed by atoms with Crippen molar-refractivity contribution in [3.05, 3.63) is 32.7 Å². The zero-order valence-corrected chi connectivity index (χ0v) is 14.2. The number of carbonyl (C=O) groups is 1. The maximum absolute atomic E-state index is 12.2. The quantitative estimate of drug-likeness (QED) is 0.504. The van der Waals surface area contributed by atoms with Crippen molar-refractivity contribution in [2.24, 2.45) is 0 Å². The van der Waals surface area contributed by atoms with E-state index in [1.54, 1.807) is 4.90 Å². The van der Waals surface area contributed by atoms with Crippen molar-refractivity contribution >= 4 is 49.4 Å². The third kappa shape index (κ3) is 4.90. The first-order chi connectivity index (χ1) is 8.56. The summed E-state index contributed by atoms with van der Waals surface area (Å²) in [5.41, 5.74) is 0.684. The van der Waals surface area contributed by atoms with Crippen molar-refractivity contribution < 1.29 is 4.79 Å². The van der Waals surface area contributed by atoms with Gasteiger partial charge in [-0.1, -0.05) is 22.4 Å². The fourth-order valence-electron chi connectivity index (χ4n) is 1.59. The lowest BCUT2D eigenvalue weighted by molar-refractivity contribution is 0.0792. The molecular weight excluding hydrogens is 381 g/mol. The molecule has 0 aliphatic heterocycles. The zero-order valence-electron chi connectivity index (χ0n) is 10.3. The number of hydrogen-bond acceptors (Lipinski definition) is 1. The molecule has 1 amide bonds. The highest BCUT2D eigenvalue weighted by molar-refractivity contribution is 9.11. The predicted octanol–water partition coefficient (Wildman–Crippen LogP) is 4.69. The van der Waals surface area contributed by atoms with Gasteiger partial charge in [0.15, 0.2) is 0 Å². The lowest BCUT2D eigenvalue weighted by Crippen LogP contribution is -2.28. The Hall–Kier alpha value is -0.0600. The summed E-state index contributed by atoms with van der Waals surface area (Å²) in [7, 11) is 1.83. The fraction of sp³-hybridized carbons (Fsp3) is 0.462. The number of carbonyl (C=O) groups excluding carboxylic acids is 1. The Balaban J connectivity index is 2.60. The van der Waals surface area contributed by atoms with Crippen LogP contribution in [0.1, 0.15) is 29.6 Å². The first-order valence-electron chi connectivity index (χ1n) is 5.82. The third-order valence-electron chi connectivity index (χ3n) is 2.63. The van der Waals surface area contributed by atoms with Crippen LogP contribution < -0.4 is 0 Å². The Bertz CT molecular complexity index is 412. The summed E-state index contributed by atoms with van der Waals surface area (Å²) in [4.78, 5) is 14.0. The number of hydrogen-bond donors (Lipinski definition) is 0. The van der Waals surface area contributed by atoms with Gasteiger partial charge in [-0.2, -0.15) is 0 Å². The number of amides is 1. The number of alkyl halides is 1. The van der Waals surface area contributed by atoms with Crippen LogP contribution in [0.25, 0.3) is 0 Å². The van der Waals surface area contributed by atoms with Crippen molar-refractivity contribution in [3.63, 3.8) is 0 Å². The molecule has 1 aromatic rings. The number of nitrogens with zero attached hydrogens (tertiary/aromatic N) is 1. The lowest BCUT2D eigenvalue weighted by atomic mass is 10.2. The molecule has 0 aliphatic carbocycles. The standard InChI is InChI=1S/C13H16Br2ClNO/c1-17(8-4-2-3-7-16)13(18)11-9-10(14)5-6-12(11)15/h5-6,9H,2-4,7-8H2,1H3. The Morgan fingerprint density at radius 2 is 2.00 bits per heavy atom. The number of halogens is 3. The second kappa shape index (κ2) is 8.18. The van der Waals surface area contributed by atoms with E-state index < -0.39 is 0 Å². The summed E-state index contributed by atoms with van der Waals surface area (Å²) >= 11 is 12.4. The molecule has 1 rings (SSSR count). The minimum absolute atomic E-state index is 0.0362. The SMILES string of the molecule is CN(CCCCCCl)C(=O)c1cc(Br)ccc1Br. The first-order valence-corrected chi connectivity index (χ1v) is 7.94. The van der Waals surface area contributed by atoms with E-state index in [1.807, 2.05) is 25.2 Å². The predicted molar refractivity (Wildman–Crippen MR) is 83.4 cm³/mol. The van der Waals surface area contributed by atoms with Gasteiger partial charge in [0.05, 0.1) is 5.56 Å². The van der Waals surface area contributed by atoms with E-state index in [2.05, 4.69) is 31.9 Å². The summed E-state index contributed by atoms with van der Waals surface area (Å²) in [6.45, 7) is 0.759. The highest BCUT2D eigenvalue weighted by Gasteiger charge is 2.14. The maximum Gasteiger partial charge on any atom is 0.254 e. The first kappa shape index (κ1) is 16.0. The average molecular weight is 398 g/mol. The van der Waals surface area contributed by atoms with Gasteiger partial charge >= 0.3 is 0 Å². The molecule has 0 saturated heterocycles. The minimum atomic E-state index is 0.0362. The minimum Gasteiger partial charge on any atom is -0.342 e. The molecule has 0 heterocycles. The molecule has 0 N–H and O–H groups in total. The highest BCUT2D eigenvalue weighted by Crippen LogP contribution is 2.22. The van der Waals surface area contributed by atoms with Crippen molar-refractivity contribution in [1.82, 2.24) is 4.90 Å². The molecule has 0 aromatic heterocycles. The van der Waals surface area contributed by atoms with Gasteiger partial charge in [-0.3, -0.25) is 4.79 Å². The van der Waals surface area contributed by atoms with Gasteiger partial charge in [0.2, 0.25) is 0 Å². The maximum atomic E-state index is 12.2. The van der Waals surface area contributed by atoms with Crippen LogP contribution in [0, 0.1) is 0 Å². The number of benzene rings is 1. The molecule has 1 aromatic carbocycles. The molecule has 0 spiro atoms. The van der Waals surface area contributed by atoms with E-state index in [4.69, 9.17) is 11.6 Å². The van der Waals surface area contributed by atoms with Gasteiger partial charge in [-0.15, -0.1) is 11.6 Å². The molecule has 0 unspecified atom stereocenters. The second-order valence-corrected chi connectivity index (χ2v) is 6.25. The number of unbranched alkanes of at least 4 members (excludes halogenated alkanes) is 2. The van der Waals surface area contributed by atoms with Gasteiger partial charge in [0, 0.05) is 28.4 Å². The molecule has 2 nitrogen and oxygen atoms in total. The molecule has 0 fully saturated rings. The average Bonchev–Trinajstić information content (AvgIpc) is 2.36. The van der Waals surface area contributed by atoms with E-state index in [-0.39, 0.29) is 5.91 Å². The largest absolute Gasteiger partial charge is 0.342 e. The molecule has 18 heavy (non-hydrogen) atoms. The van der Waals surface area contributed by atoms with Crippen molar-refractivity contribution in [3.8, 4) is 0 Å². The summed E-state index contributed by atoms with van der Waals surface area (Å²) in [6, 6.07) is 5.61. The fourth-order valence-corrected chi connectivity index (χ4v) is 2.56. The van der Waals surface area contributed by atoms with Gasteiger partial charge < -0.3 is 4.90 Å². The Morgan fingerprint density at radius 3 is 2.67 bits per heavy atom. The highest BCUT2D eigenvalue weighted by atomic mass is 79.9. The van der Waals surface area contributed by atoms with Crippen molar-refractivity contribution in [1.29, 1.82) is 0 Å². The molecular formula is C13H16Br2ClNO. The Kier molecular flexibility index (Phi) is 7.27. The van der Waals surface area contributed by atoms with Crippen LogP contribution in [-0.4, -0.2) is 30.3 Å². The summed E-state index contributed by atoms with van der Waals surface area (Å²) in [6.07, 6.45) is 3.05. The van der Waals surface area contributed by atoms with Crippen LogP contribution in [0.4, 0.5) is 0 Å². The van der Waals surface area contributed by atoms with Crippen LogP contribution in [0.15, 0.2) is 27.1 Å². The molecule has 0 radical (unpaired) electrons. The summed E-state index contributed by atoms with van der Waals surface area (Å²) in [5, 5.41) is 0. The van der Waals surface area contributed by atoms with Gasteiger partial charge in [-0.05, 0) is 47.0 Å². The van der Waals surface area contributed by atoms with E-state index in [0.29, 0.717) is 11.4 Å². The molecule has 0 bridgehead atoms. The molecule has 0 saturated carbocycles. The van der Waals surface area contributed by atoms with Crippen LogP contribution in [0.2, 0.25) is 0 Å². The Morgan fingerprint density at radius 1 is 1.28 bits per heavy atom. The van der Waals surface area contributed by atoms with E-state index >= 15 is 0 Å². The van der Waals surface area contributed by atoms with Crippen LogP contribution in [0.5, 0.6) is 0 Å². The molecule has 0 aliphatic rings. The third-order valence-corrected chi connectivity index (χ3v) is 4.08. The lowest BCUT2D eigenvalue weighted by Gasteiger charge is -2.18. The zero-order chi connectivity index (χ0) is 13.5. The van der Waals surface area contributed by atoms with Gasteiger partial charge in [0.25, 0.3) is 5.91 Å². The van der Waals surface area contributed by atoms with E-state index in [1.165, 1.54) is 0 Å². The monoisotopic (exact) mass is 395 g/mol. The second-order valence-electron chi connectivity index (χ2n) is 4.10. The number of rotatable bonds is 6. The Labute approximate surface area is 130 Å².